The number of unbranched alkanes of at least 4 members (excludes halogenated alkanes) is 21. The van der Waals surface area contributed by atoms with E-state index >= 15 is 0 Å². The van der Waals surface area contributed by atoms with Gasteiger partial charge >= 0.3 is 0 Å². The summed E-state index contributed by atoms with van der Waals surface area (Å²) in [5, 5.41) is 43.2. The minimum absolute atomic E-state index is 0.363. The Morgan fingerprint density at radius 2 is 1.02 bits per heavy atom. The van der Waals surface area contributed by atoms with Crippen molar-refractivity contribution in [3.8, 4) is 0 Å². The molecule has 0 aromatic carbocycles. The molecule has 0 spiro atoms. The molecular weight excluding hydrogens is 550 g/mol. The third-order valence-electron chi connectivity index (χ3n) is 8.74. The molecule has 0 heterocycles. The van der Waals surface area contributed by atoms with Crippen LogP contribution in [0, 0.1) is 0 Å². The van der Waals surface area contributed by atoms with E-state index in [1.807, 2.05) is 13.0 Å². The number of carbonyl (C=O) groups is 1. The van der Waals surface area contributed by atoms with Crippen LogP contribution in [0.3, 0.4) is 0 Å². The van der Waals surface area contributed by atoms with E-state index < -0.39 is 36.9 Å². The molecule has 0 fully saturated rings. The van der Waals surface area contributed by atoms with E-state index in [2.05, 4.69) is 30.5 Å². The third-order valence-corrected chi connectivity index (χ3v) is 8.74. The molecule has 1 amide bonds. The van der Waals surface area contributed by atoms with E-state index in [4.69, 9.17) is 0 Å². The van der Waals surface area contributed by atoms with E-state index in [1.54, 1.807) is 0 Å². The summed E-state index contributed by atoms with van der Waals surface area (Å²) in [5.74, 6) is -0.600. The molecule has 0 radical (unpaired) electrons. The molecule has 4 atom stereocenters. The lowest BCUT2D eigenvalue weighted by molar-refractivity contribution is -0.132. The zero-order valence-electron chi connectivity index (χ0n) is 28.9. The molecule has 0 saturated carbocycles. The van der Waals surface area contributed by atoms with Gasteiger partial charge in [-0.25, -0.2) is 0 Å². The summed E-state index contributed by atoms with van der Waals surface area (Å²) in [6.45, 7) is 3.78. The van der Waals surface area contributed by atoms with Crippen LogP contribution in [0.1, 0.15) is 181 Å². The van der Waals surface area contributed by atoms with Crippen molar-refractivity contribution in [3.05, 3.63) is 24.3 Å². The number of amides is 1. The van der Waals surface area contributed by atoms with Crippen molar-refractivity contribution < 1.29 is 25.2 Å². The number of rotatable bonds is 33. The van der Waals surface area contributed by atoms with Gasteiger partial charge in [0.1, 0.15) is 12.2 Å². The van der Waals surface area contributed by atoms with Crippen LogP contribution in [0.4, 0.5) is 0 Å². The topological polar surface area (TPSA) is 110 Å². The maximum absolute atomic E-state index is 12.4. The Morgan fingerprint density at radius 3 is 1.48 bits per heavy atom. The van der Waals surface area contributed by atoms with Crippen molar-refractivity contribution in [2.45, 2.75) is 205 Å². The monoisotopic (exact) mass is 624 g/mol. The van der Waals surface area contributed by atoms with Crippen molar-refractivity contribution in [1.29, 1.82) is 0 Å². The van der Waals surface area contributed by atoms with Gasteiger partial charge in [0.25, 0.3) is 0 Å². The van der Waals surface area contributed by atoms with Gasteiger partial charge in [-0.3, -0.25) is 4.79 Å². The first-order valence-corrected chi connectivity index (χ1v) is 18.7. The SMILES string of the molecule is C/C=C/CC/C=C/CCCC(O)C(O)C(CO)NC(=O)C(O)CCCCCCCCCCCCCCCCCCCCCC. The summed E-state index contributed by atoms with van der Waals surface area (Å²) in [6.07, 6.45) is 35.2. The zero-order chi connectivity index (χ0) is 32.5. The summed E-state index contributed by atoms with van der Waals surface area (Å²) in [6, 6.07) is -1.00. The maximum Gasteiger partial charge on any atom is 0.249 e. The number of carbonyl (C=O) groups excluding carboxylic acids is 1. The van der Waals surface area contributed by atoms with Gasteiger partial charge in [-0.05, 0) is 45.4 Å². The molecule has 260 valence electrons. The van der Waals surface area contributed by atoms with Gasteiger partial charge in [0.2, 0.25) is 5.91 Å². The normalized spacial score (nSPS) is 14.8. The average molecular weight is 624 g/mol. The minimum atomic E-state index is -1.28. The van der Waals surface area contributed by atoms with Crippen LogP contribution in [0.25, 0.3) is 0 Å². The van der Waals surface area contributed by atoms with Gasteiger partial charge in [-0.15, -0.1) is 0 Å². The highest BCUT2D eigenvalue weighted by Crippen LogP contribution is 2.16. The molecule has 0 saturated heterocycles. The summed E-state index contributed by atoms with van der Waals surface area (Å²) in [4.78, 5) is 12.4. The number of hydrogen-bond donors (Lipinski definition) is 5. The first-order valence-electron chi connectivity index (χ1n) is 18.7. The lowest BCUT2D eigenvalue weighted by Crippen LogP contribution is -2.53. The third kappa shape index (κ3) is 27.1. The zero-order valence-corrected chi connectivity index (χ0v) is 28.9. The molecule has 0 aromatic rings. The molecular formula is C38H73NO5. The van der Waals surface area contributed by atoms with Gasteiger partial charge in [-0.2, -0.15) is 0 Å². The fourth-order valence-electron chi connectivity index (χ4n) is 5.72. The second kappa shape index (κ2) is 33.2. The Labute approximate surface area is 272 Å². The van der Waals surface area contributed by atoms with Crippen LogP contribution >= 0.6 is 0 Å². The van der Waals surface area contributed by atoms with Crippen molar-refractivity contribution in [3.63, 3.8) is 0 Å². The highest BCUT2D eigenvalue weighted by atomic mass is 16.3. The van der Waals surface area contributed by atoms with E-state index in [0.29, 0.717) is 19.3 Å². The lowest BCUT2D eigenvalue weighted by Gasteiger charge is -2.27. The van der Waals surface area contributed by atoms with Gasteiger partial charge in [-0.1, -0.05) is 160 Å². The lowest BCUT2D eigenvalue weighted by atomic mass is 10.00. The number of nitrogens with one attached hydrogen (secondary N) is 1. The Bertz CT molecular complexity index is 668. The second-order valence-electron chi connectivity index (χ2n) is 12.9. The summed E-state index contributed by atoms with van der Waals surface area (Å²) >= 11 is 0. The highest BCUT2D eigenvalue weighted by Gasteiger charge is 2.28. The predicted molar refractivity (Wildman–Crippen MR) is 187 cm³/mol. The Hall–Kier alpha value is -1.21. The first-order chi connectivity index (χ1) is 21.5. The van der Waals surface area contributed by atoms with Gasteiger partial charge in [0, 0.05) is 0 Å². The summed E-state index contributed by atoms with van der Waals surface area (Å²) < 4.78 is 0. The van der Waals surface area contributed by atoms with Crippen molar-refractivity contribution >= 4 is 5.91 Å². The Morgan fingerprint density at radius 1 is 0.591 bits per heavy atom. The first kappa shape index (κ1) is 42.8. The fraction of sp³-hybridized carbons (Fsp3) is 0.868. The van der Waals surface area contributed by atoms with E-state index in [0.717, 1.165) is 38.5 Å². The van der Waals surface area contributed by atoms with Gasteiger partial charge in [0.15, 0.2) is 0 Å². The van der Waals surface area contributed by atoms with Crippen molar-refractivity contribution in [2.75, 3.05) is 6.61 Å². The molecule has 6 heteroatoms. The fourth-order valence-corrected chi connectivity index (χ4v) is 5.72. The molecule has 0 aliphatic heterocycles. The predicted octanol–water partition coefficient (Wildman–Crippen LogP) is 8.84. The van der Waals surface area contributed by atoms with Gasteiger partial charge in [0.05, 0.1) is 18.8 Å². The Kier molecular flexibility index (Phi) is 32.2. The molecule has 0 aromatic heterocycles. The highest BCUT2D eigenvalue weighted by molar-refractivity contribution is 5.80. The van der Waals surface area contributed by atoms with Crippen LogP contribution in [-0.2, 0) is 4.79 Å². The molecule has 0 rings (SSSR count). The minimum Gasteiger partial charge on any atom is -0.394 e. The molecule has 0 aliphatic carbocycles. The molecule has 6 nitrogen and oxygen atoms in total. The van der Waals surface area contributed by atoms with Crippen LogP contribution in [0.15, 0.2) is 24.3 Å². The number of aliphatic hydroxyl groups is 4. The van der Waals surface area contributed by atoms with Crippen LogP contribution in [0.5, 0.6) is 0 Å². The molecule has 5 N–H and O–H groups in total. The van der Waals surface area contributed by atoms with E-state index in [-0.39, 0.29) is 0 Å². The molecule has 0 aliphatic rings. The standard InChI is InChI=1S/C38H73NO5/c1-3-5-7-9-11-13-14-15-16-17-18-19-20-21-22-23-24-26-28-30-32-36(42)38(44)39-34(33-40)37(43)35(41)31-29-27-25-12-10-8-6-4-2/h4,6,12,25,34-37,40-43H,3,5,7-11,13-24,26-33H2,1-2H3,(H,39,44)/b6-4+,25-12+. The van der Waals surface area contributed by atoms with E-state index in [1.165, 1.54) is 109 Å². The van der Waals surface area contributed by atoms with Crippen LogP contribution in [0.2, 0.25) is 0 Å². The molecule has 44 heavy (non-hydrogen) atoms. The number of allylic oxidation sites excluding steroid dienone is 4. The van der Waals surface area contributed by atoms with Crippen molar-refractivity contribution in [2.24, 2.45) is 0 Å². The largest absolute Gasteiger partial charge is 0.394 e. The van der Waals surface area contributed by atoms with Crippen molar-refractivity contribution in [1.82, 2.24) is 5.32 Å². The van der Waals surface area contributed by atoms with Crippen LogP contribution in [-0.4, -0.2) is 57.3 Å². The molecule has 4 unspecified atom stereocenters. The second-order valence-corrected chi connectivity index (χ2v) is 12.9. The molecule has 0 bridgehead atoms. The smallest absolute Gasteiger partial charge is 0.249 e. The summed E-state index contributed by atoms with van der Waals surface area (Å²) in [7, 11) is 0. The summed E-state index contributed by atoms with van der Waals surface area (Å²) in [5.41, 5.74) is 0. The van der Waals surface area contributed by atoms with Crippen LogP contribution < -0.4 is 5.32 Å². The number of hydrogen-bond acceptors (Lipinski definition) is 5. The number of aliphatic hydroxyl groups excluding tert-OH is 4. The Balaban J connectivity index is 3.71. The maximum atomic E-state index is 12.4. The van der Waals surface area contributed by atoms with Gasteiger partial charge < -0.3 is 25.7 Å². The average Bonchev–Trinajstić information content (AvgIpc) is 3.03. The quantitative estimate of drug-likeness (QED) is 0.0371. The van der Waals surface area contributed by atoms with E-state index in [9.17, 15) is 25.2 Å².